The predicted molar refractivity (Wildman–Crippen MR) is 167 cm³/mol. The van der Waals surface area contributed by atoms with Crippen LogP contribution in [0.25, 0.3) is 33.5 Å². The van der Waals surface area contributed by atoms with Crippen LogP contribution in [0.4, 0.5) is 8.78 Å². The molecule has 1 N–H and O–H groups in total. The van der Waals surface area contributed by atoms with Crippen LogP contribution < -0.4 is 10.1 Å². The molecule has 4 heterocycles. The highest BCUT2D eigenvalue weighted by molar-refractivity contribution is 6.76. The maximum atomic E-state index is 13.4. The third-order valence-electron chi connectivity index (χ3n) is 6.81. The van der Waals surface area contributed by atoms with Gasteiger partial charge in [0.2, 0.25) is 0 Å². The fourth-order valence-electron chi connectivity index (χ4n) is 4.75. The number of alkyl halides is 2. The quantitative estimate of drug-likeness (QED) is 0.149. The molecule has 0 radical (unpaired) electrons. The number of aryl methyl sites for hydroxylation is 1. The second kappa shape index (κ2) is 12.1. The fourth-order valence-corrected chi connectivity index (χ4v) is 5.51. The Morgan fingerprint density at radius 1 is 1.14 bits per heavy atom. The summed E-state index contributed by atoms with van der Waals surface area (Å²) in [7, 11) is 0.544. The molecule has 0 aliphatic heterocycles. The molecule has 0 saturated carbocycles. The van der Waals surface area contributed by atoms with Gasteiger partial charge in [-0.3, -0.25) is 14.2 Å². The molecule has 11 nitrogen and oxygen atoms in total. The Bertz CT molecular complexity index is 1800. The molecule has 0 aliphatic carbocycles. The summed E-state index contributed by atoms with van der Waals surface area (Å²) in [6, 6.07) is 5.68. The maximum absolute atomic E-state index is 13.4. The Hall–Kier alpha value is -4.17. The van der Waals surface area contributed by atoms with Crippen LogP contribution in [0.5, 0.6) is 5.75 Å². The fraction of sp³-hybridized carbons (Fsp3) is 0.433. The van der Waals surface area contributed by atoms with Crippen LogP contribution >= 0.6 is 0 Å². The van der Waals surface area contributed by atoms with Gasteiger partial charge in [0.25, 0.3) is 5.91 Å². The Balaban J connectivity index is 1.60. The van der Waals surface area contributed by atoms with Gasteiger partial charge in [0.1, 0.15) is 29.4 Å². The zero-order valence-electron chi connectivity index (χ0n) is 26.1. The summed E-state index contributed by atoms with van der Waals surface area (Å²) in [5, 5.41) is 12.6. The minimum Gasteiger partial charge on any atom is -0.435 e. The Morgan fingerprint density at radius 3 is 2.57 bits per heavy atom. The van der Waals surface area contributed by atoms with E-state index in [0.717, 1.165) is 11.6 Å². The molecule has 0 fully saturated rings. The maximum Gasteiger partial charge on any atom is 0.387 e. The number of hydrogen-bond acceptors (Lipinski definition) is 7. The smallest absolute Gasteiger partial charge is 0.387 e. The summed E-state index contributed by atoms with van der Waals surface area (Å²) < 4.78 is 42.1. The van der Waals surface area contributed by atoms with E-state index < -0.39 is 20.2 Å². The molecule has 0 bridgehead atoms. The first-order chi connectivity index (χ1) is 20.7. The standard InChI is InChI=1S/C30H38F2N8O3Si/c1-30(2,3)36-28(41)22-17-39(18-42-10-11-44(5,6)7)27-26(22)35-23(14-33-27)25-21-12-20(43-29(31)32)8-9-24(21)40(37-25)16-19-13-34-38(4)15-19/h8-9,12-15,17,29H,10-11,16,18H2,1-7H3,(H,36,41). The highest BCUT2D eigenvalue weighted by Crippen LogP contribution is 2.32. The second-order valence-corrected chi connectivity index (χ2v) is 18.7. The summed E-state index contributed by atoms with van der Waals surface area (Å²) in [5.74, 6) is -0.301. The number of benzene rings is 1. The average molecular weight is 625 g/mol. The van der Waals surface area contributed by atoms with Crippen LogP contribution in [0.1, 0.15) is 36.7 Å². The van der Waals surface area contributed by atoms with Crippen LogP contribution in [-0.2, 0) is 25.1 Å². The number of amides is 1. The van der Waals surface area contributed by atoms with Gasteiger partial charge in [-0.1, -0.05) is 19.6 Å². The van der Waals surface area contributed by atoms with Crippen LogP contribution in [0.2, 0.25) is 25.7 Å². The third kappa shape index (κ3) is 7.30. The van der Waals surface area contributed by atoms with Crippen molar-refractivity contribution in [3.05, 3.63) is 54.1 Å². The third-order valence-corrected chi connectivity index (χ3v) is 8.51. The van der Waals surface area contributed by atoms with Gasteiger partial charge in [0, 0.05) is 50.6 Å². The monoisotopic (exact) mass is 624 g/mol. The molecule has 5 aromatic rings. The lowest BCUT2D eigenvalue weighted by Crippen LogP contribution is -2.40. The number of carbonyl (C=O) groups is 1. The van der Waals surface area contributed by atoms with Gasteiger partial charge in [0.05, 0.1) is 30.0 Å². The number of aromatic nitrogens is 7. The van der Waals surface area contributed by atoms with Gasteiger partial charge < -0.3 is 19.4 Å². The van der Waals surface area contributed by atoms with E-state index in [1.165, 1.54) is 12.1 Å². The van der Waals surface area contributed by atoms with Crippen molar-refractivity contribution in [2.24, 2.45) is 7.05 Å². The molecule has 0 spiro atoms. The molecule has 1 amide bonds. The number of fused-ring (bicyclic) bond motifs is 2. The van der Waals surface area contributed by atoms with Crippen molar-refractivity contribution in [2.75, 3.05) is 6.61 Å². The van der Waals surface area contributed by atoms with E-state index in [4.69, 9.17) is 24.5 Å². The van der Waals surface area contributed by atoms with Gasteiger partial charge in [-0.2, -0.15) is 19.0 Å². The number of carbonyl (C=O) groups excluding carboxylic acids is 1. The number of hydrogen-bond donors (Lipinski definition) is 1. The van der Waals surface area contributed by atoms with Gasteiger partial charge in [-0.25, -0.2) is 9.97 Å². The highest BCUT2D eigenvalue weighted by Gasteiger charge is 2.24. The molecule has 0 unspecified atom stereocenters. The molecule has 14 heteroatoms. The topological polar surface area (TPSA) is 114 Å². The first kappa shape index (κ1) is 31.3. The minimum atomic E-state index is -2.98. The first-order valence-electron chi connectivity index (χ1n) is 14.4. The van der Waals surface area contributed by atoms with Crippen molar-refractivity contribution in [1.82, 2.24) is 39.4 Å². The van der Waals surface area contributed by atoms with E-state index in [1.807, 2.05) is 34.0 Å². The zero-order chi connectivity index (χ0) is 31.8. The number of rotatable bonds is 11. The number of nitrogens with zero attached hydrogens (tertiary/aromatic N) is 7. The summed E-state index contributed by atoms with van der Waals surface area (Å²) in [6.45, 7) is 10.8. The van der Waals surface area contributed by atoms with Crippen LogP contribution in [0.15, 0.2) is 43.0 Å². The largest absolute Gasteiger partial charge is 0.435 e. The molecule has 0 aliphatic rings. The summed E-state index contributed by atoms with van der Waals surface area (Å²) in [4.78, 5) is 23.0. The molecule has 5 rings (SSSR count). The van der Waals surface area contributed by atoms with Crippen molar-refractivity contribution in [1.29, 1.82) is 0 Å². The normalized spacial score (nSPS) is 12.5. The molecule has 234 valence electrons. The Kier molecular flexibility index (Phi) is 8.58. The number of halogens is 2. The Morgan fingerprint density at radius 2 is 1.91 bits per heavy atom. The van der Waals surface area contributed by atoms with Crippen molar-refractivity contribution in [2.45, 2.75) is 71.9 Å². The van der Waals surface area contributed by atoms with E-state index >= 15 is 0 Å². The number of ether oxygens (including phenoxy) is 2. The average Bonchev–Trinajstić information content (AvgIpc) is 3.60. The molecule has 44 heavy (non-hydrogen) atoms. The van der Waals surface area contributed by atoms with Crippen molar-refractivity contribution < 1.29 is 23.0 Å². The van der Waals surface area contributed by atoms with Gasteiger partial charge in [0.15, 0.2) is 5.65 Å². The molecular weight excluding hydrogens is 586 g/mol. The summed E-state index contributed by atoms with van der Waals surface area (Å²) in [5.41, 5.74) is 3.13. The molecule has 0 saturated heterocycles. The summed E-state index contributed by atoms with van der Waals surface area (Å²) in [6.07, 6.45) is 6.89. The lowest BCUT2D eigenvalue weighted by molar-refractivity contribution is -0.0497. The van der Waals surface area contributed by atoms with Gasteiger partial charge in [-0.05, 0) is 45.0 Å². The first-order valence-corrected chi connectivity index (χ1v) is 18.1. The van der Waals surface area contributed by atoms with E-state index in [0.29, 0.717) is 52.2 Å². The van der Waals surface area contributed by atoms with Crippen LogP contribution in [-0.4, -0.2) is 66.8 Å². The van der Waals surface area contributed by atoms with Gasteiger partial charge in [-0.15, -0.1) is 0 Å². The number of nitrogens with one attached hydrogen (secondary N) is 1. The SMILES string of the molecule is Cn1cc(Cn2nc(-c3cnc4c(n3)c(C(=O)NC(C)(C)C)cn4COCC[Si](C)(C)C)c3cc(OC(F)F)ccc32)cn1. The lowest BCUT2D eigenvalue weighted by atomic mass is 10.1. The summed E-state index contributed by atoms with van der Waals surface area (Å²) >= 11 is 0. The van der Waals surface area contributed by atoms with E-state index in [9.17, 15) is 13.6 Å². The lowest BCUT2D eigenvalue weighted by Gasteiger charge is -2.20. The van der Waals surface area contributed by atoms with E-state index in [-0.39, 0.29) is 18.4 Å². The van der Waals surface area contributed by atoms with Crippen molar-refractivity contribution in [3.8, 4) is 17.1 Å². The predicted octanol–water partition coefficient (Wildman–Crippen LogP) is 5.67. The zero-order valence-corrected chi connectivity index (χ0v) is 27.1. The van der Waals surface area contributed by atoms with Crippen LogP contribution in [0.3, 0.4) is 0 Å². The minimum absolute atomic E-state index is 0.00409. The molecular formula is C30H38F2N8O3Si. The van der Waals surface area contributed by atoms with Crippen molar-refractivity contribution >= 4 is 36.0 Å². The van der Waals surface area contributed by atoms with Gasteiger partial charge >= 0.3 is 6.61 Å². The Labute approximate surface area is 255 Å². The van der Waals surface area contributed by atoms with Crippen molar-refractivity contribution in [3.63, 3.8) is 0 Å². The van der Waals surface area contributed by atoms with Crippen LogP contribution in [0, 0.1) is 0 Å². The second-order valence-electron chi connectivity index (χ2n) is 13.1. The molecule has 4 aromatic heterocycles. The molecule has 0 atom stereocenters. The van der Waals surface area contributed by atoms with E-state index in [1.54, 1.807) is 38.6 Å². The highest BCUT2D eigenvalue weighted by atomic mass is 28.3. The molecule has 1 aromatic carbocycles. The van der Waals surface area contributed by atoms with E-state index in [2.05, 4.69) is 30.1 Å².